The van der Waals surface area contributed by atoms with Crippen molar-refractivity contribution >= 4 is 40.1 Å². The maximum absolute atomic E-state index is 14.3. The highest BCUT2D eigenvalue weighted by atomic mass is 35.5. The van der Waals surface area contributed by atoms with Crippen LogP contribution in [0.4, 0.5) is 29.5 Å². The lowest BCUT2D eigenvalue weighted by atomic mass is 10.2. The maximum Gasteiger partial charge on any atom is 0.415 e. The SMILES string of the molecule is COc1cc2ncnc(Nc3cccc(Cl)c3F)c2cc1OC(=O)N1CC(OC(F)F)C1. The number of nitrogens with zero attached hydrogens (tertiary/aromatic N) is 3. The first kappa shape index (κ1) is 21.9. The van der Waals surface area contributed by atoms with E-state index < -0.39 is 24.6 Å². The number of hydrogen-bond acceptors (Lipinski definition) is 7. The predicted molar refractivity (Wildman–Crippen MR) is 109 cm³/mol. The van der Waals surface area contributed by atoms with E-state index in [1.165, 1.54) is 42.6 Å². The molecule has 0 radical (unpaired) electrons. The van der Waals surface area contributed by atoms with Crippen LogP contribution in [-0.4, -0.2) is 53.9 Å². The Morgan fingerprint density at radius 1 is 1.25 bits per heavy atom. The third-order valence-corrected chi connectivity index (χ3v) is 5.02. The Hall–Kier alpha value is -3.31. The molecule has 0 spiro atoms. The van der Waals surface area contributed by atoms with Crippen LogP contribution in [0, 0.1) is 5.82 Å². The zero-order valence-electron chi connectivity index (χ0n) is 16.5. The number of amides is 1. The van der Waals surface area contributed by atoms with E-state index in [1.807, 2.05) is 0 Å². The molecule has 1 aromatic heterocycles. The maximum atomic E-state index is 14.3. The number of carbonyl (C=O) groups excluding carboxylic acids is 1. The van der Waals surface area contributed by atoms with Crippen molar-refractivity contribution < 1.29 is 32.2 Å². The third kappa shape index (κ3) is 4.48. The van der Waals surface area contributed by atoms with Crippen molar-refractivity contribution in [1.82, 2.24) is 14.9 Å². The van der Waals surface area contributed by atoms with Gasteiger partial charge in [-0.3, -0.25) is 0 Å². The highest BCUT2D eigenvalue weighted by Gasteiger charge is 2.35. The van der Waals surface area contributed by atoms with Gasteiger partial charge in [-0.1, -0.05) is 17.7 Å². The number of halogens is 4. The summed E-state index contributed by atoms with van der Waals surface area (Å²) < 4.78 is 53.8. The Morgan fingerprint density at radius 3 is 2.75 bits per heavy atom. The number of likely N-dealkylation sites (tertiary alicyclic amines) is 1. The number of methoxy groups -OCH3 is 1. The van der Waals surface area contributed by atoms with Crippen LogP contribution in [-0.2, 0) is 4.74 Å². The van der Waals surface area contributed by atoms with Gasteiger partial charge in [0.1, 0.15) is 12.1 Å². The normalized spacial score (nSPS) is 13.9. The fraction of sp³-hybridized carbons (Fsp3) is 0.250. The number of alkyl halides is 2. The van der Waals surface area contributed by atoms with Crippen LogP contribution in [0.25, 0.3) is 10.9 Å². The number of aromatic nitrogens is 2. The summed E-state index contributed by atoms with van der Waals surface area (Å²) in [6.45, 7) is -2.96. The van der Waals surface area contributed by atoms with Gasteiger partial charge in [-0.15, -0.1) is 0 Å². The molecule has 1 amide bonds. The van der Waals surface area contributed by atoms with E-state index in [1.54, 1.807) is 6.07 Å². The van der Waals surface area contributed by atoms with Gasteiger partial charge in [0.05, 0.1) is 42.5 Å². The first-order valence-corrected chi connectivity index (χ1v) is 9.67. The number of nitrogens with one attached hydrogen (secondary N) is 1. The zero-order chi connectivity index (χ0) is 22.8. The summed E-state index contributed by atoms with van der Waals surface area (Å²) in [6, 6.07) is 7.46. The average Bonchev–Trinajstić information content (AvgIpc) is 2.73. The van der Waals surface area contributed by atoms with E-state index in [4.69, 9.17) is 21.1 Å². The molecule has 1 aliphatic heterocycles. The van der Waals surface area contributed by atoms with Crippen LogP contribution < -0.4 is 14.8 Å². The van der Waals surface area contributed by atoms with Gasteiger partial charge in [-0.2, -0.15) is 8.78 Å². The third-order valence-electron chi connectivity index (χ3n) is 4.72. The number of anilines is 2. The second-order valence-electron chi connectivity index (χ2n) is 6.76. The summed E-state index contributed by atoms with van der Waals surface area (Å²) in [5.41, 5.74) is 0.536. The Balaban J connectivity index is 1.60. The van der Waals surface area contributed by atoms with Crippen LogP contribution in [0.15, 0.2) is 36.7 Å². The lowest BCUT2D eigenvalue weighted by molar-refractivity contribution is -0.190. The first-order valence-electron chi connectivity index (χ1n) is 9.30. The molecule has 2 heterocycles. The van der Waals surface area contributed by atoms with Crippen molar-refractivity contribution in [3.63, 3.8) is 0 Å². The monoisotopic (exact) mass is 468 g/mol. The molecule has 0 bridgehead atoms. The number of ether oxygens (including phenoxy) is 3. The highest BCUT2D eigenvalue weighted by molar-refractivity contribution is 6.31. The molecule has 8 nitrogen and oxygen atoms in total. The summed E-state index contributed by atoms with van der Waals surface area (Å²) in [6.07, 6.45) is -0.233. The van der Waals surface area contributed by atoms with E-state index in [0.717, 1.165) is 0 Å². The first-order chi connectivity index (χ1) is 15.4. The van der Waals surface area contributed by atoms with E-state index in [-0.39, 0.29) is 41.1 Å². The van der Waals surface area contributed by atoms with Gasteiger partial charge in [-0.05, 0) is 18.2 Å². The van der Waals surface area contributed by atoms with Gasteiger partial charge in [-0.25, -0.2) is 19.2 Å². The molecule has 1 aliphatic rings. The predicted octanol–water partition coefficient (Wildman–Crippen LogP) is 4.60. The smallest absolute Gasteiger partial charge is 0.415 e. The Morgan fingerprint density at radius 2 is 2.03 bits per heavy atom. The molecule has 168 valence electrons. The number of carbonyl (C=O) groups is 1. The number of fused-ring (bicyclic) bond motifs is 1. The summed E-state index contributed by atoms with van der Waals surface area (Å²) >= 11 is 5.83. The molecule has 0 saturated carbocycles. The molecule has 1 saturated heterocycles. The topological polar surface area (TPSA) is 85.8 Å². The summed E-state index contributed by atoms with van der Waals surface area (Å²) in [7, 11) is 1.39. The van der Waals surface area contributed by atoms with Crippen LogP contribution >= 0.6 is 11.6 Å². The van der Waals surface area contributed by atoms with E-state index in [0.29, 0.717) is 10.9 Å². The quantitative estimate of drug-likeness (QED) is 0.566. The molecule has 3 aromatic rings. The standard InChI is InChI=1S/C20H16ClF3N4O4/c1-30-15-6-14-11(5-16(15)32-20(29)28-7-10(8-28)31-19(23)24)18(26-9-25-14)27-13-4-2-3-12(21)17(13)22/h2-6,9-10,19H,7-8H2,1H3,(H,25,26,27). The Bertz CT molecular complexity index is 1160. The minimum atomic E-state index is -2.91. The molecule has 0 atom stereocenters. The molecule has 2 aromatic carbocycles. The van der Waals surface area contributed by atoms with Crippen molar-refractivity contribution in [3.05, 3.63) is 47.5 Å². The van der Waals surface area contributed by atoms with Crippen LogP contribution in [0.3, 0.4) is 0 Å². The van der Waals surface area contributed by atoms with Gasteiger partial charge in [0.2, 0.25) is 0 Å². The minimum Gasteiger partial charge on any atom is -0.493 e. The molecular weight excluding hydrogens is 453 g/mol. The fourth-order valence-electron chi connectivity index (χ4n) is 3.11. The molecule has 12 heteroatoms. The largest absolute Gasteiger partial charge is 0.493 e. The molecule has 4 rings (SSSR count). The summed E-state index contributed by atoms with van der Waals surface area (Å²) in [4.78, 5) is 21.9. The van der Waals surface area contributed by atoms with E-state index >= 15 is 0 Å². The Kier molecular flexibility index (Phi) is 6.19. The minimum absolute atomic E-state index is 0.0248. The number of benzene rings is 2. The number of hydrogen-bond donors (Lipinski definition) is 1. The molecule has 1 N–H and O–H groups in total. The molecule has 1 fully saturated rings. The number of rotatable bonds is 6. The van der Waals surface area contributed by atoms with Crippen molar-refractivity contribution in [3.8, 4) is 11.5 Å². The van der Waals surface area contributed by atoms with Crippen LogP contribution in [0.2, 0.25) is 5.02 Å². The molecular formula is C20H16ClF3N4O4. The fourth-order valence-corrected chi connectivity index (χ4v) is 3.28. The van der Waals surface area contributed by atoms with E-state index in [9.17, 15) is 18.0 Å². The van der Waals surface area contributed by atoms with Crippen molar-refractivity contribution in [1.29, 1.82) is 0 Å². The molecule has 0 unspecified atom stereocenters. The average molecular weight is 469 g/mol. The van der Waals surface area contributed by atoms with Gasteiger partial charge in [0.15, 0.2) is 17.3 Å². The lowest BCUT2D eigenvalue weighted by Crippen LogP contribution is -2.56. The zero-order valence-corrected chi connectivity index (χ0v) is 17.3. The van der Waals surface area contributed by atoms with Gasteiger partial charge in [0, 0.05) is 11.5 Å². The second-order valence-corrected chi connectivity index (χ2v) is 7.17. The van der Waals surface area contributed by atoms with E-state index in [2.05, 4.69) is 20.0 Å². The van der Waals surface area contributed by atoms with Gasteiger partial charge < -0.3 is 24.4 Å². The van der Waals surface area contributed by atoms with Crippen LogP contribution in [0.5, 0.6) is 11.5 Å². The van der Waals surface area contributed by atoms with Crippen LogP contribution in [0.1, 0.15) is 0 Å². The Labute approximate surface area is 184 Å². The second kappa shape index (κ2) is 9.05. The van der Waals surface area contributed by atoms with Gasteiger partial charge in [0.25, 0.3) is 0 Å². The lowest BCUT2D eigenvalue weighted by Gasteiger charge is -2.37. The van der Waals surface area contributed by atoms with Crippen molar-refractivity contribution in [2.45, 2.75) is 12.7 Å². The molecule has 32 heavy (non-hydrogen) atoms. The highest BCUT2D eigenvalue weighted by Crippen LogP contribution is 2.36. The summed E-state index contributed by atoms with van der Waals surface area (Å²) in [5.74, 6) is -0.150. The summed E-state index contributed by atoms with van der Waals surface area (Å²) in [5, 5.41) is 3.21. The molecule has 0 aliphatic carbocycles. The van der Waals surface area contributed by atoms with Gasteiger partial charge >= 0.3 is 12.7 Å². The van der Waals surface area contributed by atoms with Crippen molar-refractivity contribution in [2.24, 2.45) is 0 Å². The van der Waals surface area contributed by atoms with Crippen molar-refractivity contribution in [2.75, 3.05) is 25.5 Å².